The number of nitrogens with zero attached hydrogens (tertiary/aromatic N) is 2. The van der Waals surface area contributed by atoms with E-state index in [9.17, 15) is 13.5 Å². The van der Waals surface area contributed by atoms with Gasteiger partial charge in [0.2, 0.25) is 0 Å². The van der Waals surface area contributed by atoms with Crippen LogP contribution in [-0.4, -0.2) is 67.6 Å². The second kappa shape index (κ2) is 4.34. The fourth-order valence-corrected chi connectivity index (χ4v) is 3.49. The van der Waals surface area contributed by atoms with Gasteiger partial charge in [-0.25, -0.2) is 0 Å². The molecule has 7 heteroatoms. The summed E-state index contributed by atoms with van der Waals surface area (Å²) < 4.78 is 31.9. The summed E-state index contributed by atoms with van der Waals surface area (Å²) in [4.78, 5) is 0. The normalized spacial score (nSPS) is 30.9. The molecule has 6 nitrogen and oxygen atoms in total. The van der Waals surface area contributed by atoms with Crippen LogP contribution >= 0.6 is 0 Å². The third-order valence-electron chi connectivity index (χ3n) is 2.75. The number of morpholine rings is 1. The lowest BCUT2D eigenvalue weighted by Gasteiger charge is -2.29. The van der Waals surface area contributed by atoms with Gasteiger partial charge in [0.1, 0.15) is 0 Å². The van der Waals surface area contributed by atoms with Gasteiger partial charge in [-0.2, -0.15) is 17.0 Å². The quantitative estimate of drug-likeness (QED) is 0.642. The molecule has 2 aliphatic rings. The molecule has 0 radical (unpaired) electrons. The van der Waals surface area contributed by atoms with Crippen LogP contribution in [0.2, 0.25) is 0 Å². The minimum atomic E-state index is -3.37. The summed E-state index contributed by atoms with van der Waals surface area (Å²) in [7, 11) is -3.37. The highest BCUT2D eigenvalue weighted by molar-refractivity contribution is 7.86. The van der Waals surface area contributed by atoms with Crippen molar-refractivity contribution in [2.75, 3.05) is 39.4 Å². The predicted molar refractivity (Wildman–Crippen MR) is 53.5 cm³/mol. The maximum Gasteiger partial charge on any atom is 0.282 e. The molecule has 88 valence electrons. The Morgan fingerprint density at radius 2 is 1.80 bits per heavy atom. The Balaban J connectivity index is 2.05. The van der Waals surface area contributed by atoms with E-state index in [0.717, 1.165) is 0 Å². The Morgan fingerprint density at radius 3 is 2.33 bits per heavy atom. The van der Waals surface area contributed by atoms with Gasteiger partial charge in [0.15, 0.2) is 0 Å². The number of aliphatic hydroxyl groups is 1. The van der Waals surface area contributed by atoms with E-state index in [2.05, 4.69) is 0 Å². The number of aliphatic hydroxyl groups excluding tert-OH is 1. The maximum atomic E-state index is 12.0. The zero-order valence-electron chi connectivity index (χ0n) is 8.50. The van der Waals surface area contributed by atoms with E-state index in [0.29, 0.717) is 39.3 Å². The van der Waals surface area contributed by atoms with Crippen molar-refractivity contribution in [3.8, 4) is 0 Å². The van der Waals surface area contributed by atoms with Gasteiger partial charge >= 0.3 is 0 Å². The summed E-state index contributed by atoms with van der Waals surface area (Å²) in [6, 6.07) is 0. The fraction of sp³-hybridized carbons (Fsp3) is 1.00. The number of hydrogen-bond donors (Lipinski definition) is 1. The Morgan fingerprint density at radius 1 is 1.13 bits per heavy atom. The molecule has 0 saturated carbocycles. The highest BCUT2D eigenvalue weighted by Crippen LogP contribution is 2.17. The van der Waals surface area contributed by atoms with Crippen molar-refractivity contribution in [1.82, 2.24) is 8.61 Å². The van der Waals surface area contributed by atoms with Crippen LogP contribution < -0.4 is 0 Å². The molecule has 0 aromatic heterocycles. The van der Waals surface area contributed by atoms with E-state index >= 15 is 0 Å². The van der Waals surface area contributed by atoms with Crippen LogP contribution in [0.25, 0.3) is 0 Å². The average Bonchev–Trinajstić information content (AvgIpc) is 2.67. The summed E-state index contributed by atoms with van der Waals surface area (Å²) in [5, 5.41) is 9.31. The second-order valence-corrected chi connectivity index (χ2v) is 5.75. The molecule has 1 atom stereocenters. The topological polar surface area (TPSA) is 70.1 Å². The van der Waals surface area contributed by atoms with Crippen LogP contribution in [0.5, 0.6) is 0 Å². The third-order valence-corrected chi connectivity index (χ3v) is 4.75. The van der Waals surface area contributed by atoms with E-state index in [1.165, 1.54) is 8.61 Å². The van der Waals surface area contributed by atoms with Crippen molar-refractivity contribution >= 4 is 10.2 Å². The van der Waals surface area contributed by atoms with Gasteiger partial charge in [-0.3, -0.25) is 0 Å². The standard InChI is InChI=1S/C8H16N2O4S/c11-8-1-2-10(7-8)15(12,13)9-3-5-14-6-4-9/h8,11H,1-7H2/t8-/m1/s1. The molecule has 0 bridgehead atoms. The molecule has 2 fully saturated rings. The number of ether oxygens (including phenoxy) is 1. The summed E-state index contributed by atoms with van der Waals surface area (Å²) >= 11 is 0. The minimum Gasteiger partial charge on any atom is -0.392 e. The second-order valence-electron chi connectivity index (χ2n) is 3.82. The SMILES string of the molecule is O=S(=O)(N1CCOCC1)N1CC[C@@H](O)C1. The fourth-order valence-electron chi connectivity index (χ4n) is 1.86. The molecule has 0 aromatic carbocycles. The van der Waals surface area contributed by atoms with Crippen LogP contribution in [0, 0.1) is 0 Å². The lowest BCUT2D eigenvalue weighted by Crippen LogP contribution is -2.48. The maximum absolute atomic E-state index is 12.0. The van der Waals surface area contributed by atoms with Gasteiger partial charge in [-0.05, 0) is 6.42 Å². The molecule has 1 N–H and O–H groups in total. The van der Waals surface area contributed by atoms with Gasteiger partial charge in [0, 0.05) is 26.2 Å². The average molecular weight is 236 g/mol. The van der Waals surface area contributed by atoms with Crippen LogP contribution in [0.15, 0.2) is 0 Å². The smallest absolute Gasteiger partial charge is 0.282 e. The minimum absolute atomic E-state index is 0.222. The molecule has 2 heterocycles. The molecular formula is C8H16N2O4S. The highest BCUT2D eigenvalue weighted by atomic mass is 32.2. The summed E-state index contributed by atoms with van der Waals surface area (Å²) in [6.45, 7) is 2.37. The largest absolute Gasteiger partial charge is 0.392 e. The van der Waals surface area contributed by atoms with Crippen molar-refractivity contribution in [1.29, 1.82) is 0 Å². The molecular weight excluding hydrogens is 220 g/mol. The lowest BCUT2D eigenvalue weighted by molar-refractivity contribution is 0.0703. The summed E-state index contributed by atoms with van der Waals surface area (Å²) in [5.74, 6) is 0. The molecule has 2 rings (SSSR count). The first kappa shape index (κ1) is 11.3. The first-order valence-corrected chi connectivity index (χ1v) is 6.51. The molecule has 2 aliphatic heterocycles. The van der Waals surface area contributed by atoms with E-state index in [1.54, 1.807) is 0 Å². The Kier molecular flexibility index (Phi) is 3.27. The first-order chi connectivity index (χ1) is 7.10. The van der Waals surface area contributed by atoms with Crippen LogP contribution in [0.1, 0.15) is 6.42 Å². The zero-order chi connectivity index (χ0) is 10.9. The Hall–Kier alpha value is -0.210. The molecule has 2 saturated heterocycles. The van der Waals surface area contributed by atoms with Crippen molar-refractivity contribution in [3.05, 3.63) is 0 Å². The monoisotopic (exact) mass is 236 g/mol. The van der Waals surface area contributed by atoms with Gasteiger partial charge in [0.05, 0.1) is 19.3 Å². The Bertz CT molecular complexity index is 302. The van der Waals surface area contributed by atoms with Crippen LogP contribution in [-0.2, 0) is 14.9 Å². The Labute approximate surface area is 89.6 Å². The molecule has 0 aromatic rings. The molecule has 15 heavy (non-hydrogen) atoms. The third kappa shape index (κ3) is 2.31. The van der Waals surface area contributed by atoms with Crippen molar-refractivity contribution in [2.24, 2.45) is 0 Å². The van der Waals surface area contributed by atoms with E-state index < -0.39 is 16.3 Å². The van der Waals surface area contributed by atoms with Crippen molar-refractivity contribution in [2.45, 2.75) is 12.5 Å². The zero-order valence-corrected chi connectivity index (χ0v) is 9.32. The van der Waals surface area contributed by atoms with Gasteiger partial charge in [0.25, 0.3) is 10.2 Å². The van der Waals surface area contributed by atoms with Crippen LogP contribution in [0.4, 0.5) is 0 Å². The lowest BCUT2D eigenvalue weighted by atomic mass is 10.3. The van der Waals surface area contributed by atoms with Crippen molar-refractivity contribution < 1.29 is 18.3 Å². The number of rotatable bonds is 2. The molecule has 0 amide bonds. The molecule has 0 spiro atoms. The van der Waals surface area contributed by atoms with Crippen LogP contribution in [0.3, 0.4) is 0 Å². The van der Waals surface area contributed by atoms with E-state index in [1.807, 2.05) is 0 Å². The molecule has 0 aliphatic carbocycles. The number of β-amino-alcohol motifs (C(OH)–C–C–N with tert-alkyl or cyclic N) is 1. The predicted octanol–water partition coefficient (Wildman–Crippen LogP) is -1.37. The van der Waals surface area contributed by atoms with Gasteiger partial charge in [-0.15, -0.1) is 0 Å². The first-order valence-electron chi connectivity index (χ1n) is 5.12. The van der Waals surface area contributed by atoms with Gasteiger partial charge in [-0.1, -0.05) is 0 Å². The number of hydrogen-bond acceptors (Lipinski definition) is 4. The van der Waals surface area contributed by atoms with Crippen molar-refractivity contribution in [3.63, 3.8) is 0 Å². The van der Waals surface area contributed by atoms with E-state index in [4.69, 9.17) is 4.74 Å². The highest BCUT2D eigenvalue weighted by Gasteiger charge is 2.35. The summed E-state index contributed by atoms with van der Waals surface area (Å²) in [5.41, 5.74) is 0. The van der Waals surface area contributed by atoms with Gasteiger partial charge < -0.3 is 9.84 Å². The van der Waals surface area contributed by atoms with E-state index in [-0.39, 0.29) is 6.54 Å². The summed E-state index contributed by atoms with van der Waals surface area (Å²) in [6.07, 6.45) is 0.0182. The molecule has 0 unspecified atom stereocenters.